The van der Waals surface area contributed by atoms with Gasteiger partial charge in [0.05, 0.1) is 5.56 Å². The molecule has 1 aromatic carbocycles. The molecule has 1 saturated carbocycles. The second-order valence-electron chi connectivity index (χ2n) is 5.25. The van der Waals surface area contributed by atoms with Crippen molar-refractivity contribution in [2.24, 2.45) is 5.41 Å². The normalized spacial score (nSPS) is 18.0. The Hall–Kier alpha value is -1.25. The van der Waals surface area contributed by atoms with Gasteiger partial charge in [-0.1, -0.05) is 19.8 Å². The van der Waals surface area contributed by atoms with Crippen molar-refractivity contribution in [3.05, 3.63) is 34.9 Å². The number of hydrogen-bond acceptors (Lipinski definition) is 1. The summed E-state index contributed by atoms with van der Waals surface area (Å²) in [4.78, 5) is 12.5. The van der Waals surface area contributed by atoms with Crippen LogP contribution in [0.1, 0.15) is 54.9 Å². The molecule has 3 heteroatoms. The molecule has 0 amide bonds. The monoisotopic (exact) mass is 252 g/mol. The maximum atomic E-state index is 13.9. The Kier molecular flexibility index (Phi) is 3.51. The van der Waals surface area contributed by atoms with Gasteiger partial charge in [0.25, 0.3) is 0 Å². The van der Waals surface area contributed by atoms with E-state index in [9.17, 15) is 13.6 Å². The van der Waals surface area contributed by atoms with Gasteiger partial charge in [-0.3, -0.25) is 4.79 Å². The Balaban J connectivity index is 2.42. The Morgan fingerprint density at radius 3 is 2.39 bits per heavy atom. The molecule has 0 unspecified atom stereocenters. The number of ketones is 1. The van der Waals surface area contributed by atoms with Crippen LogP contribution in [0.15, 0.2) is 12.1 Å². The molecule has 0 N–H and O–H groups in total. The number of hydrogen-bond donors (Lipinski definition) is 0. The lowest BCUT2D eigenvalue weighted by molar-refractivity contribution is 0.0786. The minimum Gasteiger partial charge on any atom is -0.293 e. The zero-order chi connectivity index (χ0) is 13.3. The zero-order valence-corrected chi connectivity index (χ0v) is 10.9. The molecule has 0 spiro atoms. The summed E-state index contributed by atoms with van der Waals surface area (Å²) in [6, 6.07) is 2.17. The fraction of sp³-hybridized carbons (Fsp3) is 0.533. The molecule has 1 aromatic rings. The second-order valence-corrected chi connectivity index (χ2v) is 5.25. The quantitative estimate of drug-likeness (QED) is 0.727. The molecule has 0 atom stereocenters. The van der Waals surface area contributed by atoms with Crippen molar-refractivity contribution in [3.8, 4) is 0 Å². The highest BCUT2D eigenvalue weighted by atomic mass is 19.1. The second kappa shape index (κ2) is 4.79. The smallest absolute Gasteiger partial charge is 0.172 e. The molecule has 98 valence electrons. The van der Waals surface area contributed by atoms with Gasteiger partial charge in [-0.2, -0.15) is 0 Å². The Labute approximate surface area is 106 Å². The molecule has 1 nitrogen and oxygen atoms in total. The lowest BCUT2D eigenvalue weighted by atomic mass is 9.76. The molecule has 0 bridgehead atoms. The van der Waals surface area contributed by atoms with E-state index in [1.54, 1.807) is 0 Å². The van der Waals surface area contributed by atoms with Crippen LogP contribution in [-0.4, -0.2) is 5.78 Å². The summed E-state index contributed by atoms with van der Waals surface area (Å²) in [7, 11) is 0. The van der Waals surface area contributed by atoms with Crippen LogP contribution in [0.25, 0.3) is 0 Å². The molecule has 1 aliphatic rings. The maximum Gasteiger partial charge on any atom is 0.172 e. The third-order valence-corrected chi connectivity index (χ3v) is 4.21. The van der Waals surface area contributed by atoms with Crippen LogP contribution in [0.2, 0.25) is 0 Å². The van der Waals surface area contributed by atoms with Crippen LogP contribution in [0, 0.1) is 24.0 Å². The average molecular weight is 252 g/mol. The van der Waals surface area contributed by atoms with E-state index in [1.807, 2.05) is 6.92 Å². The summed E-state index contributed by atoms with van der Waals surface area (Å²) in [6.07, 6.45) is 4.26. The van der Waals surface area contributed by atoms with Crippen LogP contribution in [0.5, 0.6) is 0 Å². The van der Waals surface area contributed by atoms with E-state index in [2.05, 4.69) is 0 Å². The van der Waals surface area contributed by atoms with Gasteiger partial charge in [0.2, 0.25) is 0 Å². The summed E-state index contributed by atoms with van der Waals surface area (Å²) < 4.78 is 27.4. The highest BCUT2D eigenvalue weighted by Crippen LogP contribution is 2.43. The van der Waals surface area contributed by atoms with E-state index < -0.39 is 17.0 Å². The van der Waals surface area contributed by atoms with Crippen molar-refractivity contribution >= 4 is 5.78 Å². The summed E-state index contributed by atoms with van der Waals surface area (Å²) in [5, 5.41) is 0. The number of rotatable bonds is 3. The zero-order valence-electron chi connectivity index (χ0n) is 10.9. The van der Waals surface area contributed by atoms with E-state index >= 15 is 0 Å². The largest absolute Gasteiger partial charge is 0.293 e. The molecule has 0 aliphatic heterocycles. The molecule has 2 rings (SSSR count). The highest BCUT2D eigenvalue weighted by molar-refractivity contribution is 6.01. The predicted molar refractivity (Wildman–Crippen MR) is 66.6 cm³/mol. The van der Waals surface area contributed by atoms with Crippen molar-refractivity contribution in [2.45, 2.75) is 46.0 Å². The van der Waals surface area contributed by atoms with Gasteiger partial charge >= 0.3 is 0 Å². The van der Waals surface area contributed by atoms with E-state index in [0.29, 0.717) is 6.42 Å². The summed E-state index contributed by atoms with van der Waals surface area (Å²) in [6.45, 7) is 3.45. The lowest BCUT2D eigenvalue weighted by Crippen LogP contribution is -2.28. The number of carbonyl (C=O) groups excluding carboxylic acids is 1. The van der Waals surface area contributed by atoms with Gasteiger partial charge in [0, 0.05) is 5.41 Å². The van der Waals surface area contributed by atoms with Crippen molar-refractivity contribution in [1.29, 1.82) is 0 Å². The summed E-state index contributed by atoms with van der Waals surface area (Å²) >= 11 is 0. The fourth-order valence-corrected chi connectivity index (χ4v) is 2.90. The molecule has 0 heterocycles. The van der Waals surface area contributed by atoms with Crippen molar-refractivity contribution in [3.63, 3.8) is 0 Å². The number of Topliss-reactive ketones (excluding diaryl/α,β-unsaturated/α-hetero) is 1. The van der Waals surface area contributed by atoms with Gasteiger partial charge in [0.15, 0.2) is 5.78 Å². The SMILES string of the molecule is CCC1(C(=O)c2cc(F)c(C)cc2F)CCCC1. The van der Waals surface area contributed by atoms with Gasteiger partial charge < -0.3 is 0 Å². The summed E-state index contributed by atoms with van der Waals surface area (Å²) in [5.41, 5.74) is -0.314. The first kappa shape index (κ1) is 13.2. The number of halogens is 2. The van der Waals surface area contributed by atoms with Crippen LogP contribution < -0.4 is 0 Å². The topological polar surface area (TPSA) is 17.1 Å². The molecule has 0 radical (unpaired) electrons. The molecule has 1 aliphatic carbocycles. The van der Waals surface area contributed by atoms with Crippen molar-refractivity contribution in [2.75, 3.05) is 0 Å². The van der Waals surface area contributed by atoms with Gasteiger partial charge in [-0.05, 0) is 43.9 Å². The molecular formula is C15H18F2O. The van der Waals surface area contributed by atoms with Crippen LogP contribution in [-0.2, 0) is 0 Å². The van der Waals surface area contributed by atoms with Crippen molar-refractivity contribution in [1.82, 2.24) is 0 Å². The first-order valence-corrected chi connectivity index (χ1v) is 6.50. The Morgan fingerprint density at radius 1 is 1.22 bits per heavy atom. The van der Waals surface area contributed by atoms with Gasteiger partial charge in [-0.25, -0.2) is 8.78 Å². The lowest BCUT2D eigenvalue weighted by Gasteiger charge is -2.26. The standard InChI is InChI=1S/C15H18F2O/c1-3-15(6-4-5-7-15)14(18)11-9-12(16)10(2)8-13(11)17/h8-9H,3-7H2,1-2H3. The predicted octanol–water partition coefficient (Wildman–Crippen LogP) is 4.43. The third kappa shape index (κ3) is 2.06. The van der Waals surface area contributed by atoms with E-state index in [4.69, 9.17) is 0 Å². The Morgan fingerprint density at radius 2 is 1.83 bits per heavy atom. The first-order valence-electron chi connectivity index (χ1n) is 6.50. The van der Waals surface area contributed by atoms with Crippen molar-refractivity contribution < 1.29 is 13.6 Å². The van der Waals surface area contributed by atoms with E-state index in [-0.39, 0.29) is 16.9 Å². The molecule has 18 heavy (non-hydrogen) atoms. The third-order valence-electron chi connectivity index (χ3n) is 4.21. The van der Waals surface area contributed by atoms with Crippen LogP contribution in [0.4, 0.5) is 8.78 Å². The van der Waals surface area contributed by atoms with E-state index in [1.165, 1.54) is 6.92 Å². The summed E-state index contributed by atoms with van der Waals surface area (Å²) in [5.74, 6) is -1.33. The van der Waals surface area contributed by atoms with Gasteiger partial charge in [0.1, 0.15) is 11.6 Å². The molecular weight excluding hydrogens is 234 g/mol. The minimum atomic E-state index is -0.598. The average Bonchev–Trinajstić information content (AvgIpc) is 2.83. The van der Waals surface area contributed by atoms with Gasteiger partial charge in [-0.15, -0.1) is 0 Å². The fourth-order valence-electron chi connectivity index (χ4n) is 2.90. The molecule has 1 fully saturated rings. The van der Waals surface area contributed by atoms with E-state index in [0.717, 1.165) is 37.8 Å². The number of benzene rings is 1. The molecule has 0 aromatic heterocycles. The van der Waals surface area contributed by atoms with Crippen LogP contribution >= 0.6 is 0 Å². The highest BCUT2D eigenvalue weighted by Gasteiger charge is 2.40. The number of aryl methyl sites for hydroxylation is 1. The Bertz CT molecular complexity index is 474. The maximum absolute atomic E-state index is 13.9. The van der Waals surface area contributed by atoms with Crippen LogP contribution in [0.3, 0.4) is 0 Å². The number of carbonyl (C=O) groups is 1. The first-order chi connectivity index (χ1) is 8.50. The molecule has 0 saturated heterocycles. The minimum absolute atomic E-state index is 0.0816.